The van der Waals surface area contributed by atoms with Crippen molar-refractivity contribution in [1.82, 2.24) is 10.2 Å². The fourth-order valence-corrected chi connectivity index (χ4v) is 2.52. The molecule has 0 spiro atoms. The maximum atomic E-state index is 11.1. The van der Waals surface area contributed by atoms with E-state index in [4.69, 9.17) is 4.74 Å². The van der Waals surface area contributed by atoms with E-state index in [2.05, 4.69) is 15.5 Å². The van der Waals surface area contributed by atoms with E-state index in [1.54, 1.807) is 6.07 Å². The summed E-state index contributed by atoms with van der Waals surface area (Å²) in [6.45, 7) is 1.71. The van der Waals surface area contributed by atoms with Crippen LogP contribution in [-0.2, 0) is 4.74 Å². The molecule has 1 aliphatic heterocycles. The van der Waals surface area contributed by atoms with Gasteiger partial charge in [-0.05, 0) is 37.0 Å². The molecule has 2 aromatic rings. The van der Waals surface area contributed by atoms with Crippen LogP contribution in [0.25, 0.3) is 11.3 Å². The van der Waals surface area contributed by atoms with Crippen LogP contribution < -0.4 is 10.9 Å². The number of ether oxygens (including phenoxy) is 1. The highest BCUT2D eigenvalue weighted by atomic mass is 16.5. The molecular formula is C15H19N3O2. The average molecular weight is 273 g/mol. The molecule has 0 radical (unpaired) electrons. The van der Waals surface area contributed by atoms with Gasteiger partial charge in [0.1, 0.15) is 0 Å². The Morgan fingerprint density at radius 2 is 1.95 bits per heavy atom. The zero-order chi connectivity index (χ0) is 13.8. The maximum Gasteiger partial charge on any atom is 0.264 e. The van der Waals surface area contributed by atoms with Gasteiger partial charge in [-0.15, -0.1) is 0 Å². The molecule has 1 aromatic carbocycles. The third-order valence-electron chi connectivity index (χ3n) is 3.61. The number of hydrogen-bond acceptors (Lipinski definition) is 3. The van der Waals surface area contributed by atoms with Crippen molar-refractivity contribution in [2.75, 3.05) is 18.5 Å². The molecule has 106 valence electrons. The van der Waals surface area contributed by atoms with Crippen molar-refractivity contribution in [3.05, 3.63) is 40.7 Å². The van der Waals surface area contributed by atoms with Crippen molar-refractivity contribution in [2.24, 2.45) is 0 Å². The van der Waals surface area contributed by atoms with Crippen LogP contribution in [0.1, 0.15) is 19.3 Å². The average Bonchev–Trinajstić information content (AvgIpc) is 2.73. The van der Waals surface area contributed by atoms with E-state index in [-0.39, 0.29) is 5.56 Å². The van der Waals surface area contributed by atoms with Crippen LogP contribution in [0.15, 0.2) is 35.1 Å². The van der Waals surface area contributed by atoms with Crippen LogP contribution in [0.3, 0.4) is 0 Å². The Bertz CT molecular complexity index is 592. The first-order chi connectivity index (χ1) is 9.81. The Morgan fingerprint density at radius 1 is 1.10 bits per heavy atom. The molecule has 2 heterocycles. The lowest BCUT2D eigenvalue weighted by Crippen LogP contribution is -2.19. The second kappa shape index (κ2) is 5.96. The van der Waals surface area contributed by atoms with Gasteiger partial charge in [-0.3, -0.25) is 15.0 Å². The first kappa shape index (κ1) is 13.0. The summed E-state index contributed by atoms with van der Waals surface area (Å²) in [4.78, 5) is 11.1. The fourth-order valence-electron chi connectivity index (χ4n) is 2.52. The van der Waals surface area contributed by atoms with Crippen molar-refractivity contribution in [2.45, 2.75) is 25.3 Å². The largest absolute Gasteiger partial charge is 0.382 e. The van der Waals surface area contributed by atoms with E-state index < -0.39 is 0 Å². The van der Waals surface area contributed by atoms with Gasteiger partial charge in [-0.2, -0.15) is 0 Å². The van der Waals surface area contributed by atoms with Crippen LogP contribution in [0.5, 0.6) is 0 Å². The minimum atomic E-state index is -0.111. The number of aromatic nitrogens is 2. The molecule has 0 bridgehead atoms. The van der Waals surface area contributed by atoms with Gasteiger partial charge < -0.3 is 10.1 Å². The van der Waals surface area contributed by atoms with Gasteiger partial charge in [-0.1, -0.05) is 12.1 Å². The second-order valence-corrected chi connectivity index (χ2v) is 5.13. The molecule has 1 saturated heterocycles. The van der Waals surface area contributed by atoms with Gasteiger partial charge in [0.15, 0.2) is 0 Å². The van der Waals surface area contributed by atoms with Gasteiger partial charge in [0.05, 0.1) is 5.69 Å². The molecule has 5 heteroatoms. The maximum absolute atomic E-state index is 11.1. The molecule has 5 nitrogen and oxygen atoms in total. The number of hydrogen-bond donors (Lipinski definition) is 3. The van der Waals surface area contributed by atoms with Gasteiger partial charge in [-0.25, -0.2) is 0 Å². The summed E-state index contributed by atoms with van der Waals surface area (Å²) in [5, 5.41) is 8.95. The van der Waals surface area contributed by atoms with Gasteiger partial charge in [0.2, 0.25) is 0 Å². The van der Waals surface area contributed by atoms with E-state index in [1.807, 2.05) is 24.3 Å². The van der Waals surface area contributed by atoms with E-state index in [0.29, 0.717) is 6.04 Å². The molecule has 1 fully saturated rings. The zero-order valence-electron chi connectivity index (χ0n) is 11.3. The normalized spacial score (nSPS) is 19.5. The van der Waals surface area contributed by atoms with Crippen LogP contribution in [-0.4, -0.2) is 29.5 Å². The number of anilines is 1. The van der Waals surface area contributed by atoms with Gasteiger partial charge >= 0.3 is 0 Å². The zero-order valence-corrected chi connectivity index (χ0v) is 11.3. The van der Waals surface area contributed by atoms with Crippen molar-refractivity contribution in [1.29, 1.82) is 0 Å². The minimum absolute atomic E-state index is 0.111. The molecular weight excluding hydrogens is 254 g/mol. The van der Waals surface area contributed by atoms with Gasteiger partial charge in [0.25, 0.3) is 5.56 Å². The molecule has 3 N–H and O–H groups in total. The molecule has 1 unspecified atom stereocenters. The fraction of sp³-hybridized carbons (Fsp3) is 0.400. The molecule has 0 amide bonds. The quantitative estimate of drug-likeness (QED) is 0.804. The lowest BCUT2D eigenvalue weighted by atomic mass is 10.1. The molecule has 0 aliphatic carbocycles. The van der Waals surface area contributed by atoms with Crippen LogP contribution in [0, 0.1) is 0 Å². The molecule has 0 saturated carbocycles. The van der Waals surface area contributed by atoms with Crippen molar-refractivity contribution < 1.29 is 4.74 Å². The summed E-state index contributed by atoms with van der Waals surface area (Å²) in [7, 11) is 0. The first-order valence-electron chi connectivity index (χ1n) is 7.04. The minimum Gasteiger partial charge on any atom is -0.382 e. The Kier molecular flexibility index (Phi) is 3.87. The van der Waals surface area contributed by atoms with Crippen LogP contribution >= 0.6 is 0 Å². The highest BCUT2D eigenvalue weighted by molar-refractivity contribution is 5.62. The summed E-state index contributed by atoms with van der Waals surface area (Å²) < 4.78 is 5.46. The van der Waals surface area contributed by atoms with Crippen molar-refractivity contribution >= 4 is 5.69 Å². The van der Waals surface area contributed by atoms with Crippen LogP contribution in [0.4, 0.5) is 5.69 Å². The summed E-state index contributed by atoms with van der Waals surface area (Å²) in [6.07, 6.45) is 3.31. The number of nitrogens with one attached hydrogen (secondary N) is 3. The third-order valence-corrected chi connectivity index (χ3v) is 3.61. The molecule has 1 aromatic heterocycles. The topological polar surface area (TPSA) is 69.9 Å². The number of aromatic amines is 2. The van der Waals surface area contributed by atoms with E-state index in [0.717, 1.165) is 49.4 Å². The smallest absolute Gasteiger partial charge is 0.264 e. The summed E-state index contributed by atoms with van der Waals surface area (Å²) in [5.74, 6) is 0. The molecule has 20 heavy (non-hydrogen) atoms. The summed E-state index contributed by atoms with van der Waals surface area (Å²) >= 11 is 0. The Labute approximate surface area is 117 Å². The van der Waals surface area contributed by atoms with E-state index in [9.17, 15) is 4.79 Å². The van der Waals surface area contributed by atoms with Crippen LogP contribution in [0.2, 0.25) is 0 Å². The lowest BCUT2D eigenvalue weighted by molar-refractivity contribution is 0.144. The Balaban J connectivity index is 1.68. The number of rotatable bonds is 3. The molecule has 1 atom stereocenters. The van der Waals surface area contributed by atoms with E-state index in [1.165, 1.54) is 0 Å². The third kappa shape index (κ3) is 3.11. The van der Waals surface area contributed by atoms with E-state index >= 15 is 0 Å². The molecule has 3 rings (SSSR count). The van der Waals surface area contributed by atoms with Crippen molar-refractivity contribution in [3.63, 3.8) is 0 Å². The lowest BCUT2D eigenvalue weighted by Gasteiger charge is -2.17. The van der Waals surface area contributed by atoms with Gasteiger partial charge in [0, 0.05) is 31.0 Å². The Morgan fingerprint density at radius 3 is 2.70 bits per heavy atom. The summed E-state index contributed by atoms with van der Waals surface area (Å²) in [5.41, 5.74) is 2.81. The second-order valence-electron chi connectivity index (χ2n) is 5.13. The number of H-pyrrole nitrogens is 2. The number of benzene rings is 1. The predicted octanol–water partition coefficient (Wildman–Crippen LogP) is 2.35. The van der Waals surface area contributed by atoms with Crippen molar-refractivity contribution in [3.8, 4) is 11.3 Å². The monoisotopic (exact) mass is 273 g/mol. The standard InChI is InChI=1S/C15H19N3O2/c19-15-10-14(17-18-15)11-3-5-13(6-4-11)16-12-2-1-8-20-9-7-12/h3-6,10,12,16H,1-2,7-9H2,(H2,17,18,19). The predicted molar refractivity (Wildman–Crippen MR) is 78.9 cm³/mol. The summed E-state index contributed by atoms with van der Waals surface area (Å²) in [6, 6.07) is 10.2. The first-order valence-corrected chi connectivity index (χ1v) is 7.04. The Hall–Kier alpha value is -2.01. The highest BCUT2D eigenvalue weighted by Gasteiger charge is 2.12. The SMILES string of the molecule is O=c1cc(-c2ccc(NC3CCCOCC3)cc2)[nH][nH]1. The highest BCUT2D eigenvalue weighted by Crippen LogP contribution is 2.20. The molecule has 1 aliphatic rings.